The predicted octanol–water partition coefficient (Wildman–Crippen LogP) is 4.92. The predicted molar refractivity (Wildman–Crippen MR) is 97.6 cm³/mol. The first kappa shape index (κ1) is 17.4. The first-order valence-corrected chi connectivity index (χ1v) is 8.57. The Kier molecular flexibility index (Phi) is 3.83. The van der Waals surface area contributed by atoms with Crippen LogP contribution in [-0.2, 0) is 0 Å². The molecule has 0 saturated heterocycles. The van der Waals surface area contributed by atoms with Gasteiger partial charge >= 0.3 is 6.36 Å². The first-order chi connectivity index (χ1) is 14.0. The Bertz CT molecular complexity index is 1220. The van der Waals surface area contributed by atoms with Crippen molar-refractivity contribution in [3.63, 3.8) is 0 Å². The van der Waals surface area contributed by atoms with E-state index < -0.39 is 6.36 Å². The third-order valence-corrected chi connectivity index (χ3v) is 4.46. The average molecular weight is 399 g/mol. The van der Waals surface area contributed by atoms with Gasteiger partial charge in [-0.3, -0.25) is 10.1 Å². The van der Waals surface area contributed by atoms with Crippen molar-refractivity contribution in [2.45, 2.75) is 6.36 Å². The Morgan fingerprint density at radius 3 is 2.62 bits per heavy atom. The highest BCUT2D eigenvalue weighted by Gasteiger charge is 2.31. The zero-order chi connectivity index (χ0) is 20.0. The lowest BCUT2D eigenvalue weighted by atomic mass is 10.0. The van der Waals surface area contributed by atoms with E-state index in [-0.39, 0.29) is 12.5 Å². The SMILES string of the molecule is FC(F)(F)Oc1cccc(-c2n[nH]c3ccnc(-c4ccc5c(c4)OCO5)c23)c1. The van der Waals surface area contributed by atoms with Gasteiger partial charge in [0.2, 0.25) is 6.79 Å². The minimum atomic E-state index is -4.77. The smallest absolute Gasteiger partial charge is 0.454 e. The van der Waals surface area contributed by atoms with E-state index in [0.29, 0.717) is 39.4 Å². The van der Waals surface area contributed by atoms with Gasteiger partial charge in [-0.15, -0.1) is 13.2 Å². The van der Waals surface area contributed by atoms with Crippen molar-refractivity contribution in [3.05, 3.63) is 54.7 Å². The van der Waals surface area contributed by atoms with Crippen LogP contribution in [0.5, 0.6) is 17.2 Å². The van der Waals surface area contributed by atoms with Gasteiger partial charge in [0.15, 0.2) is 11.5 Å². The van der Waals surface area contributed by atoms with E-state index in [9.17, 15) is 13.2 Å². The molecule has 146 valence electrons. The second-order valence-corrected chi connectivity index (χ2v) is 6.30. The lowest BCUT2D eigenvalue weighted by Crippen LogP contribution is -2.17. The molecule has 1 N–H and O–H groups in total. The number of fused-ring (bicyclic) bond motifs is 2. The second-order valence-electron chi connectivity index (χ2n) is 6.30. The number of rotatable bonds is 3. The molecular formula is C20H12F3N3O3. The number of alkyl halides is 3. The minimum Gasteiger partial charge on any atom is -0.454 e. The number of nitrogens with one attached hydrogen (secondary N) is 1. The normalized spacial score (nSPS) is 13.1. The van der Waals surface area contributed by atoms with Crippen LogP contribution in [0.1, 0.15) is 0 Å². The Morgan fingerprint density at radius 1 is 0.931 bits per heavy atom. The number of halogens is 3. The van der Waals surface area contributed by atoms with Crippen molar-refractivity contribution in [3.8, 4) is 39.8 Å². The number of aromatic nitrogens is 3. The summed E-state index contributed by atoms with van der Waals surface area (Å²) >= 11 is 0. The molecule has 5 rings (SSSR count). The van der Waals surface area contributed by atoms with Crippen molar-refractivity contribution < 1.29 is 27.4 Å². The molecule has 29 heavy (non-hydrogen) atoms. The molecule has 9 heteroatoms. The molecule has 0 spiro atoms. The fourth-order valence-corrected chi connectivity index (χ4v) is 3.28. The van der Waals surface area contributed by atoms with E-state index in [4.69, 9.17) is 9.47 Å². The van der Waals surface area contributed by atoms with Crippen molar-refractivity contribution >= 4 is 10.9 Å². The number of benzene rings is 2. The summed E-state index contributed by atoms with van der Waals surface area (Å²) in [5, 5.41) is 7.89. The summed E-state index contributed by atoms with van der Waals surface area (Å²) in [6.07, 6.45) is -3.14. The molecule has 2 aromatic carbocycles. The number of pyridine rings is 1. The fourth-order valence-electron chi connectivity index (χ4n) is 3.28. The van der Waals surface area contributed by atoms with Crippen LogP contribution in [0.25, 0.3) is 33.4 Å². The van der Waals surface area contributed by atoms with Crippen LogP contribution in [0.2, 0.25) is 0 Å². The van der Waals surface area contributed by atoms with Crippen molar-refractivity contribution in [1.82, 2.24) is 15.2 Å². The van der Waals surface area contributed by atoms with E-state index in [1.807, 2.05) is 12.1 Å². The molecular weight excluding hydrogens is 387 g/mol. The van der Waals surface area contributed by atoms with Crippen LogP contribution >= 0.6 is 0 Å². The van der Waals surface area contributed by atoms with Crippen LogP contribution in [0.3, 0.4) is 0 Å². The van der Waals surface area contributed by atoms with E-state index in [0.717, 1.165) is 5.56 Å². The van der Waals surface area contributed by atoms with Crippen LogP contribution < -0.4 is 14.2 Å². The van der Waals surface area contributed by atoms with Crippen molar-refractivity contribution in [1.29, 1.82) is 0 Å². The van der Waals surface area contributed by atoms with Gasteiger partial charge in [-0.1, -0.05) is 12.1 Å². The van der Waals surface area contributed by atoms with Crippen LogP contribution in [0, 0.1) is 0 Å². The summed E-state index contributed by atoms with van der Waals surface area (Å²) in [6, 6.07) is 12.9. The van der Waals surface area contributed by atoms with E-state index in [1.165, 1.54) is 18.2 Å². The average Bonchev–Trinajstić information content (AvgIpc) is 3.33. The van der Waals surface area contributed by atoms with Gasteiger partial charge < -0.3 is 14.2 Å². The molecule has 0 saturated carbocycles. The molecule has 0 amide bonds. The van der Waals surface area contributed by atoms with Gasteiger partial charge in [0, 0.05) is 17.3 Å². The quantitative estimate of drug-likeness (QED) is 0.530. The number of hydrogen-bond acceptors (Lipinski definition) is 5. The van der Waals surface area contributed by atoms with E-state index >= 15 is 0 Å². The maximum atomic E-state index is 12.6. The lowest BCUT2D eigenvalue weighted by Gasteiger charge is -2.10. The summed E-state index contributed by atoms with van der Waals surface area (Å²) < 4.78 is 52.6. The summed E-state index contributed by atoms with van der Waals surface area (Å²) in [4.78, 5) is 4.48. The molecule has 0 aliphatic carbocycles. The van der Waals surface area contributed by atoms with Crippen molar-refractivity contribution in [2.75, 3.05) is 6.79 Å². The molecule has 0 fully saturated rings. The van der Waals surface area contributed by atoms with Crippen LogP contribution in [-0.4, -0.2) is 28.3 Å². The van der Waals surface area contributed by atoms with E-state index in [2.05, 4.69) is 19.9 Å². The number of nitrogens with zero attached hydrogens (tertiary/aromatic N) is 2. The third kappa shape index (κ3) is 3.20. The number of H-pyrrole nitrogens is 1. The van der Waals surface area contributed by atoms with Gasteiger partial charge in [-0.2, -0.15) is 5.10 Å². The van der Waals surface area contributed by atoms with Crippen LogP contribution in [0.4, 0.5) is 13.2 Å². The third-order valence-electron chi connectivity index (χ3n) is 4.46. The Labute approximate surface area is 161 Å². The highest BCUT2D eigenvalue weighted by Crippen LogP contribution is 2.39. The summed E-state index contributed by atoms with van der Waals surface area (Å²) in [5.74, 6) is 0.928. The molecule has 0 radical (unpaired) electrons. The molecule has 1 aliphatic heterocycles. The van der Waals surface area contributed by atoms with Gasteiger partial charge in [0.05, 0.1) is 16.6 Å². The molecule has 0 atom stereocenters. The lowest BCUT2D eigenvalue weighted by molar-refractivity contribution is -0.274. The number of aromatic amines is 1. The molecule has 6 nitrogen and oxygen atoms in total. The van der Waals surface area contributed by atoms with E-state index in [1.54, 1.807) is 24.4 Å². The summed E-state index contributed by atoms with van der Waals surface area (Å²) in [7, 11) is 0. The first-order valence-electron chi connectivity index (χ1n) is 8.57. The van der Waals surface area contributed by atoms with Gasteiger partial charge in [0.25, 0.3) is 0 Å². The summed E-state index contributed by atoms with van der Waals surface area (Å²) in [6.45, 7) is 0.152. The largest absolute Gasteiger partial charge is 0.573 e. The number of ether oxygens (including phenoxy) is 3. The molecule has 2 aromatic heterocycles. The van der Waals surface area contributed by atoms with Crippen molar-refractivity contribution in [2.24, 2.45) is 0 Å². The molecule has 0 bridgehead atoms. The standard InChI is InChI=1S/C20H12F3N3O3/c21-20(22,23)29-13-3-1-2-11(8-13)19-17-14(25-26-19)6-7-24-18(17)12-4-5-15-16(9-12)28-10-27-15/h1-9H,10H2,(H,25,26). The monoisotopic (exact) mass is 399 g/mol. The second kappa shape index (κ2) is 6.40. The zero-order valence-electron chi connectivity index (χ0n) is 14.7. The van der Waals surface area contributed by atoms with Gasteiger partial charge in [-0.05, 0) is 36.4 Å². The molecule has 4 aromatic rings. The Morgan fingerprint density at radius 2 is 1.76 bits per heavy atom. The van der Waals surface area contributed by atoms with Gasteiger partial charge in [0.1, 0.15) is 11.4 Å². The fraction of sp³-hybridized carbons (Fsp3) is 0.100. The molecule has 1 aliphatic rings. The maximum absolute atomic E-state index is 12.6. The van der Waals surface area contributed by atoms with Gasteiger partial charge in [-0.25, -0.2) is 0 Å². The zero-order valence-corrected chi connectivity index (χ0v) is 14.7. The molecule has 0 unspecified atom stereocenters. The topological polar surface area (TPSA) is 69.3 Å². The highest BCUT2D eigenvalue weighted by molar-refractivity contribution is 6.02. The minimum absolute atomic E-state index is 0.152. The number of hydrogen-bond donors (Lipinski definition) is 1. The Balaban J connectivity index is 1.65. The summed E-state index contributed by atoms with van der Waals surface area (Å²) in [5.41, 5.74) is 3.02. The molecule has 3 heterocycles. The highest BCUT2D eigenvalue weighted by atomic mass is 19.4. The maximum Gasteiger partial charge on any atom is 0.573 e. The van der Waals surface area contributed by atoms with Crippen LogP contribution in [0.15, 0.2) is 54.7 Å². The Hall–Kier alpha value is -3.75.